The van der Waals surface area contributed by atoms with Crippen LogP contribution in [-0.4, -0.2) is 91.1 Å². The second-order valence-corrected chi connectivity index (χ2v) is 8.66. The molecule has 1 aliphatic rings. The van der Waals surface area contributed by atoms with Crippen molar-refractivity contribution in [2.45, 2.75) is 12.5 Å². The number of rotatable bonds is 11. The van der Waals surface area contributed by atoms with Crippen LogP contribution < -0.4 is 20.3 Å². The van der Waals surface area contributed by atoms with E-state index in [-0.39, 0.29) is 11.8 Å². The first-order valence-corrected chi connectivity index (χ1v) is 12.5. The fourth-order valence-electron chi connectivity index (χ4n) is 3.66. The molecule has 1 fully saturated rings. The number of hydrogen-bond acceptors (Lipinski definition) is 8. The van der Waals surface area contributed by atoms with Crippen LogP contribution in [0.1, 0.15) is 16.8 Å². The maximum Gasteiger partial charge on any atom is 0.255 e. The van der Waals surface area contributed by atoms with E-state index in [1.807, 2.05) is 12.3 Å². The molecule has 0 aliphatic carbocycles. The summed E-state index contributed by atoms with van der Waals surface area (Å²) < 4.78 is 5.28. The molecule has 10 heteroatoms. The first-order valence-electron chi connectivity index (χ1n) is 11.1. The number of nitrogens with zero attached hydrogens (tertiary/aromatic N) is 4. The highest BCUT2D eigenvalue weighted by Gasteiger charge is 2.23. The van der Waals surface area contributed by atoms with E-state index in [0.717, 1.165) is 44.4 Å². The molecule has 178 valence electrons. The predicted octanol–water partition coefficient (Wildman–Crippen LogP) is 1.28. The van der Waals surface area contributed by atoms with Gasteiger partial charge in [-0.3, -0.25) is 14.5 Å². The quantitative estimate of drug-likeness (QED) is 0.505. The summed E-state index contributed by atoms with van der Waals surface area (Å²) in [6, 6.07) is 8.22. The number of amides is 2. The van der Waals surface area contributed by atoms with Crippen LogP contribution in [0.25, 0.3) is 0 Å². The van der Waals surface area contributed by atoms with Crippen LogP contribution in [-0.2, 0) is 4.79 Å². The molecule has 2 amide bonds. The van der Waals surface area contributed by atoms with Gasteiger partial charge in [0.05, 0.1) is 12.7 Å². The van der Waals surface area contributed by atoms with Gasteiger partial charge in [-0.2, -0.15) is 11.8 Å². The van der Waals surface area contributed by atoms with Gasteiger partial charge in [0.25, 0.3) is 5.91 Å². The molecular weight excluding hydrogens is 440 g/mol. The summed E-state index contributed by atoms with van der Waals surface area (Å²) >= 11 is 1.64. The molecule has 1 unspecified atom stereocenters. The molecular formula is C23H32N6O3S. The first kappa shape index (κ1) is 24.8. The van der Waals surface area contributed by atoms with Crippen LogP contribution in [0.5, 0.6) is 5.75 Å². The smallest absolute Gasteiger partial charge is 0.255 e. The van der Waals surface area contributed by atoms with Gasteiger partial charge in [-0.15, -0.1) is 0 Å². The third-order valence-corrected chi connectivity index (χ3v) is 6.16. The van der Waals surface area contributed by atoms with Gasteiger partial charge in [0.15, 0.2) is 0 Å². The van der Waals surface area contributed by atoms with Gasteiger partial charge in [-0.25, -0.2) is 9.97 Å². The van der Waals surface area contributed by atoms with Crippen molar-refractivity contribution >= 4 is 29.5 Å². The van der Waals surface area contributed by atoms with Crippen molar-refractivity contribution in [2.75, 3.05) is 63.3 Å². The average Bonchev–Trinajstić information content (AvgIpc) is 2.87. The molecule has 2 N–H and O–H groups in total. The summed E-state index contributed by atoms with van der Waals surface area (Å²) in [6.45, 7) is 4.75. The highest BCUT2D eigenvalue weighted by molar-refractivity contribution is 7.98. The highest BCUT2D eigenvalue weighted by atomic mass is 32.2. The molecule has 0 radical (unpaired) electrons. The average molecular weight is 473 g/mol. The number of hydrogen-bond donors (Lipinski definition) is 2. The van der Waals surface area contributed by atoms with Crippen molar-refractivity contribution in [1.82, 2.24) is 25.5 Å². The van der Waals surface area contributed by atoms with Crippen LogP contribution in [0.3, 0.4) is 0 Å². The van der Waals surface area contributed by atoms with Crippen molar-refractivity contribution in [1.29, 1.82) is 0 Å². The SMILES string of the molecule is COc1ccccc1C(=O)NC(CCSC)C(=O)NCCN1CCN(c2ncccn2)CC1. The number of nitrogens with one attached hydrogen (secondary N) is 2. The number of para-hydroxylation sites is 1. The summed E-state index contributed by atoms with van der Waals surface area (Å²) in [5.41, 5.74) is 0.419. The molecule has 0 spiro atoms. The molecule has 0 bridgehead atoms. The second kappa shape index (κ2) is 13.0. The monoisotopic (exact) mass is 472 g/mol. The number of ether oxygens (including phenoxy) is 1. The Hall–Kier alpha value is -2.85. The summed E-state index contributed by atoms with van der Waals surface area (Å²) in [6.07, 6.45) is 6.05. The third kappa shape index (κ3) is 7.33. The Bertz CT molecular complexity index is 893. The van der Waals surface area contributed by atoms with E-state index in [1.165, 1.54) is 7.11 Å². The lowest BCUT2D eigenvalue weighted by Crippen LogP contribution is -2.51. The predicted molar refractivity (Wildman–Crippen MR) is 131 cm³/mol. The van der Waals surface area contributed by atoms with Gasteiger partial charge in [0.1, 0.15) is 11.8 Å². The number of piperazine rings is 1. The summed E-state index contributed by atoms with van der Waals surface area (Å²) in [4.78, 5) is 38.7. The van der Waals surface area contributed by atoms with Gasteiger partial charge in [0, 0.05) is 51.7 Å². The molecule has 33 heavy (non-hydrogen) atoms. The van der Waals surface area contributed by atoms with E-state index < -0.39 is 6.04 Å². The molecule has 9 nitrogen and oxygen atoms in total. The van der Waals surface area contributed by atoms with E-state index in [0.29, 0.717) is 24.3 Å². The summed E-state index contributed by atoms with van der Waals surface area (Å²) in [7, 11) is 1.52. The van der Waals surface area contributed by atoms with Gasteiger partial charge in [-0.1, -0.05) is 12.1 Å². The zero-order valence-electron chi connectivity index (χ0n) is 19.2. The van der Waals surface area contributed by atoms with E-state index in [9.17, 15) is 9.59 Å². The van der Waals surface area contributed by atoms with Gasteiger partial charge >= 0.3 is 0 Å². The molecule has 3 rings (SSSR count). The van der Waals surface area contributed by atoms with Crippen molar-refractivity contribution < 1.29 is 14.3 Å². The number of benzene rings is 1. The van der Waals surface area contributed by atoms with Crippen molar-refractivity contribution in [2.24, 2.45) is 0 Å². The minimum Gasteiger partial charge on any atom is -0.496 e. The normalized spacial score (nSPS) is 15.0. The molecule has 2 aromatic rings. The fourth-order valence-corrected chi connectivity index (χ4v) is 4.13. The number of aromatic nitrogens is 2. The Labute approximate surface area is 199 Å². The molecule has 1 atom stereocenters. The number of thioether (sulfide) groups is 1. The number of carbonyl (C=O) groups is 2. The van der Waals surface area contributed by atoms with E-state index in [1.54, 1.807) is 48.4 Å². The number of anilines is 1. The Morgan fingerprint density at radius 2 is 1.85 bits per heavy atom. The van der Waals surface area contributed by atoms with Gasteiger partial charge in [0.2, 0.25) is 11.9 Å². The summed E-state index contributed by atoms with van der Waals surface area (Å²) in [5.74, 6) is 1.54. The van der Waals surface area contributed by atoms with E-state index >= 15 is 0 Å². The fraction of sp³-hybridized carbons (Fsp3) is 0.478. The van der Waals surface area contributed by atoms with Crippen LogP contribution in [0.4, 0.5) is 5.95 Å². The van der Waals surface area contributed by atoms with Crippen LogP contribution in [0.15, 0.2) is 42.7 Å². The minimum atomic E-state index is -0.595. The van der Waals surface area contributed by atoms with Crippen LogP contribution in [0.2, 0.25) is 0 Å². The van der Waals surface area contributed by atoms with Crippen molar-refractivity contribution in [3.8, 4) is 5.75 Å². The third-order valence-electron chi connectivity index (χ3n) is 5.52. The number of methoxy groups -OCH3 is 1. The molecule has 0 saturated carbocycles. The highest BCUT2D eigenvalue weighted by Crippen LogP contribution is 2.17. The Morgan fingerprint density at radius 1 is 1.12 bits per heavy atom. The van der Waals surface area contributed by atoms with Gasteiger partial charge in [-0.05, 0) is 36.6 Å². The Morgan fingerprint density at radius 3 is 2.55 bits per heavy atom. The van der Waals surface area contributed by atoms with Crippen molar-refractivity contribution in [3.05, 3.63) is 48.3 Å². The van der Waals surface area contributed by atoms with Gasteiger partial charge < -0.3 is 20.3 Å². The Balaban J connectivity index is 1.46. The second-order valence-electron chi connectivity index (χ2n) is 7.68. The zero-order valence-corrected chi connectivity index (χ0v) is 20.0. The van der Waals surface area contributed by atoms with E-state index in [4.69, 9.17) is 4.74 Å². The van der Waals surface area contributed by atoms with Crippen LogP contribution in [0, 0.1) is 0 Å². The molecule has 1 saturated heterocycles. The lowest BCUT2D eigenvalue weighted by Gasteiger charge is -2.34. The largest absolute Gasteiger partial charge is 0.496 e. The maximum absolute atomic E-state index is 12.8. The molecule has 1 aliphatic heterocycles. The molecule has 1 aromatic heterocycles. The lowest BCUT2D eigenvalue weighted by atomic mass is 10.1. The zero-order chi connectivity index (χ0) is 23.5. The van der Waals surface area contributed by atoms with Crippen molar-refractivity contribution in [3.63, 3.8) is 0 Å². The maximum atomic E-state index is 12.8. The minimum absolute atomic E-state index is 0.163. The number of carbonyl (C=O) groups excluding carboxylic acids is 2. The lowest BCUT2D eigenvalue weighted by molar-refractivity contribution is -0.123. The summed E-state index contributed by atoms with van der Waals surface area (Å²) in [5, 5.41) is 5.87. The Kier molecular flexibility index (Phi) is 9.77. The topological polar surface area (TPSA) is 99.7 Å². The van der Waals surface area contributed by atoms with E-state index in [2.05, 4.69) is 30.4 Å². The standard InChI is InChI=1S/C23H32N6O3S/c1-32-20-7-4-3-6-18(20)21(30)27-19(8-17-33-2)22(31)24-11-12-28-13-15-29(16-14-28)23-25-9-5-10-26-23/h3-7,9-10,19H,8,11-17H2,1-2H3,(H,24,31)(H,27,30). The van der Waals surface area contributed by atoms with Crippen LogP contribution >= 0.6 is 11.8 Å². The molecule has 2 heterocycles. The first-order chi connectivity index (χ1) is 16.1. The molecule has 1 aromatic carbocycles.